The Balaban J connectivity index is 2.29. The van der Waals surface area contributed by atoms with Gasteiger partial charge in [0.15, 0.2) is 0 Å². The zero-order valence-electron chi connectivity index (χ0n) is 12.6. The van der Waals surface area contributed by atoms with E-state index in [0.29, 0.717) is 12.1 Å². The monoisotopic (exact) mass is 274 g/mol. The molecular weight excluding hydrogens is 252 g/mol. The fourth-order valence-corrected chi connectivity index (χ4v) is 2.65. The van der Waals surface area contributed by atoms with Crippen LogP contribution in [-0.2, 0) is 10.2 Å². The number of imide groups is 1. The van der Waals surface area contributed by atoms with Crippen LogP contribution in [0.2, 0.25) is 0 Å². The van der Waals surface area contributed by atoms with Crippen LogP contribution < -0.4 is 0 Å². The first kappa shape index (κ1) is 14.7. The van der Waals surface area contributed by atoms with Crippen molar-refractivity contribution in [3.05, 3.63) is 35.4 Å². The topological polar surface area (TPSA) is 40.6 Å². The molecule has 108 valence electrons. The van der Waals surface area contributed by atoms with Gasteiger partial charge in [0.25, 0.3) is 5.91 Å². The number of benzene rings is 1. The Bertz CT molecular complexity index is 535. The number of amides is 2. The number of fused-ring (bicyclic) bond motifs is 1. The van der Waals surface area contributed by atoms with Crippen LogP contribution in [-0.4, -0.2) is 48.8 Å². The lowest BCUT2D eigenvalue weighted by Crippen LogP contribution is -2.52. The predicted octanol–water partition coefficient (Wildman–Crippen LogP) is 1.90. The summed E-state index contributed by atoms with van der Waals surface area (Å²) in [4.78, 5) is 28.5. The molecular formula is C16H22N2O2. The summed E-state index contributed by atoms with van der Waals surface area (Å²) in [6.45, 7) is 5.12. The fraction of sp³-hybridized carbons (Fsp3) is 0.500. The maximum absolute atomic E-state index is 12.6. The average molecular weight is 274 g/mol. The molecule has 4 nitrogen and oxygen atoms in total. The predicted molar refractivity (Wildman–Crippen MR) is 78.7 cm³/mol. The third-order valence-corrected chi connectivity index (χ3v) is 3.84. The Hall–Kier alpha value is -1.68. The van der Waals surface area contributed by atoms with E-state index in [9.17, 15) is 9.59 Å². The van der Waals surface area contributed by atoms with Gasteiger partial charge in [0, 0.05) is 12.1 Å². The van der Waals surface area contributed by atoms with Crippen LogP contribution in [0.3, 0.4) is 0 Å². The molecule has 0 aromatic heterocycles. The van der Waals surface area contributed by atoms with Gasteiger partial charge in [0.05, 0.1) is 5.41 Å². The van der Waals surface area contributed by atoms with Crippen molar-refractivity contribution in [2.75, 3.05) is 27.2 Å². The van der Waals surface area contributed by atoms with Crippen molar-refractivity contribution in [1.29, 1.82) is 0 Å². The molecule has 0 aliphatic carbocycles. The summed E-state index contributed by atoms with van der Waals surface area (Å²) in [7, 11) is 3.97. The van der Waals surface area contributed by atoms with Crippen molar-refractivity contribution in [3.8, 4) is 0 Å². The second-order valence-electron chi connectivity index (χ2n) is 6.09. The van der Waals surface area contributed by atoms with E-state index in [0.717, 1.165) is 18.5 Å². The van der Waals surface area contributed by atoms with E-state index in [2.05, 4.69) is 4.90 Å². The maximum atomic E-state index is 12.6. The second-order valence-corrected chi connectivity index (χ2v) is 6.09. The Labute approximate surface area is 120 Å². The number of hydrogen-bond donors (Lipinski definition) is 0. The van der Waals surface area contributed by atoms with E-state index in [1.165, 1.54) is 4.90 Å². The van der Waals surface area contributed by atoms with E-state index in [4.69, 9.17) is 0 Å². The molecule has 1 heterocycles. The molecule has 2 rings (SSSR count). The van der Waals surface area contributed by atoms with Crippen molar-refractivity contribution in [1.82, 2.24) is 9.80 Å². The zero-order valence-corrected chi connectivity index (χ0v) is 12.6. The highest BCUT2D eigenvalue weighted by molar-refractivity contribution is 6.12. The first-order chi connectivity index (χ1) is 9.35. The van der Waals surface area contributed by atoms with Crippen LogP contribution in [0, 0.1) is 0 Å². The summed E-state index contributed by atoms with van der Waals surface area (Å²) in [5.41, 5.74) is 0.851. The summed E-state index contributed by atoms with van der Waals surface area (Å²) in [6, 6.07) is 7.41. The molecule has 0 N–H and O–H groups in total. The highest BCUT2D eigenvalue weighted by atomic mass is 16.2. The van der Waals surface area contributed by atoms with Gasteiger partial charge in [-0.1, -0.05) is 18.2 Å². The molecule has 20 heavy (non-hydrogen) atoms. The lowest BCUT2D eigenvalue weighted by molar-refractivity contribution is -0.134. The van der Waals surface area contributed by atoms with Gasteiger partial charge in [-0.05, 0) is 52.5 Å². The minimum Gasteiger partial charge on any atom is -0.309 e. The molecule has 0 spiro atoms. The van der Waals surface area contributed by atoms with Crippen LogP contribution >= 0.6 is 0 Å². The molecule has 1 aliphatic heterocycles. The largest absolute Gasteiger partial charge is 0.309 e. The molecule has 4 heteroatoms. The molecule has 0 bridgehead atoms. The maximum Gasteiger partial charge on any atom is 0.260 e. The molecule has 0 radical (unpaired) electrons. The number of nitrogens with zero attached hydrogens (tertiary/aromatic N) is 2. The van der Waals surface area contributed by atoms with Gasteiger partial charge >= 0.3 is 0 Å². The zero-order chi connectivity index (χ0) is 14.9. The Morgan fingerprint density at radius 2 is 1.80 bits per heavy atom. The summed E-state index contributed by atoms with van der Waals surface area (Å²) in [5.74, 6) is -0.261. The molecule has 2 amide bonds. The standard InChI is InChI=1S/C16H22N2O2/c1-16(2)13-9-6-5-8-12(13)14(19)18(15(16)20)11-7-10-17(3)4/h5-6,8-9H,7,10-11H2,1-4H3. The first-order valence-corrected chi connectivity index (χ1v) is 6.96. The van der Waals surface area contributed by atoms with Crippen LogP contribution in [0.5, 0.6) is 0 Å². The molecule has 1 aromatic rings. The minimum absolute atomic E-state index is 0.0973. The minimum atomic E-state index is -0.636. The van der Waals surface area contributed by atoms with E-state index in [1.54, 1.807) is 0 Å². The summed E-state index contributed by atoms with van der Waals surface area (Å²) >= 11 is 0. The van der Waals surface area contributed by atoms with Gasteiger partial charge in [0.1, 0.15) is 0 Å². The lowest BCUT2D eigenvalue weighted by atomic mass is 9.77. The first-order valence-electron chi connectivity index (χ1n) is 6.96. The molecule has 0 saturated carbocycles. The van der Waals surface area contributed by atoms with E-state index >= 15 is 0 Å². The van der Waals surface area contributed by atoms with Crippen LogP contribution in [0.25, 0.3) is 0 Å². The Morgan fingerprint density at radius 3 is 2.45 bits per heavy atom. The molecule has 0 unspecified atom stereocenters. The number of carbonyl (C=O) groups excluding carboxylic acids is 2. The highest BCUT2D eigenvalue weighted by Crippen LogP contribution is 2.34. The Morgan fingerprint density at radius 1 is 1.15 bits per heavy atom. The van der Waals surface area contributed by atoms with Gasteiger partial charge in [-0.25, -0.2) is 0 Å². The van der Waals surface area contributed by atoms with Crippen molar-refractivity contribution in [2.45, 2.75) is 25.7 Å². The summed E-state index contributed by atoms with van der Waals surface area (Å²) < 4.78 is 0. The molecule has 1 aliphatic rings. The molecule has 0 fully saturated rings. The van der Waals surface area contributed by atoms with Gasteiger partial charge in [0.2, 0.25) is 5.91 Å². The van der Waals surface area contributed by atoms with Crippen LogP contribution in [0.15, 0.2) is 24.3 Å². The van der Waals surface area contributed by atoms with Gasteiger partial charge in [-0.15, -0.1) is 0 Å². The van der Waals surface area contributed by atoms with E-state index in [-0.39, 0.29) is 11.8 Å². The third kappa shape index (κ3) is 2.48. The number of hydrogen-bond acceptors (Lipinski definition) is 3. The highest BCUT2D eigenvalue weighted by Gasteiger charge is 2.43. The fourth-order valence-electron chi connectivity index (χ4n) is 2.65. The van der Waals surface area contributed by atoms with Gasteiger partial charge < -0.3 is 4.90 Å². The second kappa shape index (κ2) is 5.37. The third-order valence-electron chi connectivity index (χ3n) is 3.84. The van der Waals surface area contributed by atoms with Crippen LogP contribution in [0.1, 0.15) is 36.2 Å². The van der Waals surface area contributed by atoms with E-state index < -0.39 is 5.41 Å². The summed E-state index contributed by atoms with van der Waals surface area (Å²) in [5, 5.41) is 0. The molecule has 0 saturated heterocycles. The normalized spacial score (nSPS) is 17.6. The van der Waals surface area contributed by atoms with Crippen molar-refractivity contribution in [3.63, 3.8) is 0 Å². The van der Waals surface area contributed by atoms with Crippen LogP contribution in [0.4, 0.5) is 0 Å². The quantitative estimate of drug-likeness (QED) is 0.787. The van der Waals surface area contributed by atoms with Crippen molar-refractivity contribution >= 4 is 11.8 Å². The smallest absolute Gasteiger partial charge is 0.260 e. The molecule has 0 atom stereocenters. The van der Waals surface area contributed by atoms with E-state index in [1.807, 2.05) is 52.2 Å². The summed E-state index contributed by atoms with van der Waals surface area (Å²) in [6.07, 6.45) is 0.794. The lowest BCUT2D eigenvalue weighted by Gasteiger charge is -2.37. The average Bonchev–Trinajstić information content (AvgIpc) is 2.40. The SMILES string of the molecule is CN(C)CCCN1C(=O)c2ccccc2C(C)(C)C1=O. The number of rotatable bonds is 4. The van der Waals surface area contributed by atoms with Gasteiger partial charge in [-0.3, -0.25) is 14.5 Å². The Kier molecular flexibility index (Phi) is 3.95. The van der Waals surface area contributed by atoms with Crippen molar-refractivity contribution in [2.24, 2.45) is 0 Å². The number of carbonyl (C=O) groups is 2. The van der Waals surface area contributed by atoms with Gasteiger partial charge in [-0.2, -0.15) is 0 Å². The van der Waals surface area contributed by atoms with Crippen molar-refractivity contribution < 1.29 is 9.59 Å². The molecule has 1 aromatic carbocycles.